The van der Waals surface area contributed by atoms with Gasteiger partial charge < -0.3 is 24.3 Å². The number of hydrogen-bond donors (Lipinski definition) is 10. The third-order valence-electron chi connectivity index (χ3n) is 3.67. The smallest absolute Gasteiger partial charge is 0.231 e. The summed E-state index contributed by atoms with van der Waals surface area (Å²) in [4.78, 5) is 0. The van der Waals surface area contributed by atoms with E-state index in [4.69, 9.17) is 64.8 Å². The van der Waals surface area contributed by atoms with Crippen LogP contribution in [0, 0.1) is 0 Å². The quantitative estimate of drug-likeness (QED) is 0.174. The number of rotatable bonds is 0. The van der Waals surface area contributed by atoms with Crippen LogP contribution in [0.3, 0.4) is 0 Å². The molecule has 1 saturated heterocycles. The Hall–Kier alpha value is -0.560. The van der Waals surface area contributed by atoms with Crippen LogP contribution in [0.4, 0.5) is 0 Å². The van der Waals surface area contributed by atoms with Crippen LogP contribution in [-0.4, -0.2) is 76.0 Å². The maximum Gasteiger partial charge on any atom is 0.231 e. The van der Waals surface area contributed by atoms with Crippen LogP contribution in [-0.2, 0) is 18.9 Å². The summed E-state index contributed by atoms with van der Waals surface area (Å²) >= 11 is 0. The summed E-state index contributed by atoms with van der Waals surface area (Å²) in [5.41, 5.74) is 46.7. The van der Waals surface area contributed by atoms with Gasteiger partial charge in [0.25, 0.3) is 0 Å². The van der Waals surface area contributed by atoms with Crippen molar-refractivity contribution in [2.24, 2.45) is 45.9 Å². The minimum atomic E-state index is -2.31. The molecule has 0 radical (unpaired) electrons. The van der Waals surface area contributed by atoms with Gasteiger partial charge in [-0.1, -0.05) is 0 Å². The van der Waals surface area contributed by atoms with Crippen molar-refractivity contribution in [2.45, 2.75) is 23.3 Å². The highest BCUT2D eigenvalue weighted by Gasteiger charge is 2.52. The highest BCUT2D eigenvalue weighted by Crippen LogP contribution is 2.17. The first-order valence-corrected chi connectivity index (χ1v) is 8.18. The van der Waals surface area contributed by atoms with Crippen molar-refractivity contribution < 1.29 is 18.9 Å². The van der Waals surface area contributed by atoms with Gasteiger partial charge in [0.1, 0.15) is 0 Å². The first-order chi connectivity index (χ1) is 11.9. The Kier molecular flexibility index (Phi) is 8.65. The molecule has 1 aliphatic heterocycles. The Morgan fingerprint density at radius 2 is 1.12 bits per heavy atom. The van der Waals surface area contributed by atoms with Crippen LogP contribution >= 0.6 is 0 Å². The average Bonchev–Trinajstić information content (AvgIpc) is 2.49. The zero-order valence-electron chi connectivity index (χ0n) is 14.9. The SMILES string of the molecule is NC1(N)NCCOCCOCCNCCOC(N)(N)C(N)(N)OC1(N)N. The predicted octanol–water partition coefficient (Wildman–Crippen LogP) is -6.47. The molecule has 0 saturated carbocycles. The van der Waals surface area contributed by atoms with Gasteiger partial charge in [-0.05, 0) is 0 Å². The molecular formula is C12H34N10O4. The molecule has 14 heteroatoms. The van der Waals surface area contributed by atoms with E-state index in [9.17, 15) is 0 Å². The van der Waals surface area contributed by atoms with Crippen molar-refractivity contribution >= 4 is 0 Å². The summed E-state index contributed by atoms with van der Waals surface area (Å²) in [6.45, 7) is 2.89. The summed E-state index contributed by atoms with van der Waals surface area (Å²) in [6.07, 6.45) is 0. The summed E-state index contributed by atoms with van der Waals surface area (Å²) in [5, 5.41) is 5.75. The molecule has 0 atom stereocenters. The molecule has 1 aliphatic rings. The third-order valence-corrected chi connectivity index (χ3v) is 3.67. The molecule has 0 spiro atoms. The van der Waals surface area contributed by atoms with Crippen LogP contribution in [0.1, 0.15) is 0 Å². The van der Waals surface area contributed by atoms with Crippen molar-refractivity contribution in [3.8, 4) is 0 Å². The van der Waals surface area contributed by atoms with Crippen LogP contribution in [0.2, 0.25) is 0 Å². The van der Waals surface area contributed by atoms with Crippen molar-refractivity contribution in [3.63, 3.8) is 0 Å². The topological polar surface area (TPSA) is 269 Å². The van der Waals surface area contributed by atoms with E-state index in [0.29, 0.717) is 32.9 Å². The molecule has 1 heterocycles. The molecule has 1 fully saturated rings. The molecule has 0 unspecified atom stereocenters. The number of ether oxygens (including phenoxy) is 4. The standard InChI is InChI=1S/C12H34N10O4/c13-9(14)10(15,16)26-12(19,20)11(17,18)25-6-2-21-1-4-23-7-8-24-5-3-22-9/h21-22H,1-8,13-20H2. The molecule has 156 valence electrons. The van der Waals surface area contributed by atoms with Crippen LogP contribution < -0.4 is 56.5 Å². The van der Waals surface area contributed by atoms with Gasteiger partial charge in [0.05, 0.1) is 33.0 Å². The second-order valence-electron chi connectivity index (χ2n) is 6.10. The summed E-state index contributed by atoms with van der Waals surface area (Å²) in [7, 11) is 0. The van der Waals surface area contributed by atoms with Gasteiger partial charge in [-0.3, -0.25) is 51.2 Å². The first-order valence-electron chi connectivity index (χ1n) is 8.18. The van der Waals surface area contributed by atoms with Crippen LogP contribution in [0.5, 0.6) is 0 Å². The molecule has 1 rings (SSSR count). The zero-order chi connectivity index (χ0) is 19.9. The van der Waals surface area contributed by atoms with Gasteiger partial charge in [0.15, 0.2) is 5.79 Å². The fourth-order valence-electron chi connectivity index (χ4n) is 1.91. The van der Waals surface area contributed by atoms with Gasteiger partial charge in [-0.25, -0.2) is 0 Å². The second kappa shape index (κ2) is 9.58. The van der Waals surface area contributed by atoms with Gasteiger partial charge in [-0.15, -0.1) is 0 Å². The van der Waals surface area contributed by atoms with E-state index in [-0.39, 0.29) is 19.8 Å². The third kappa shape index (κ3) is 6.87. The van der Waals surface area contributed by atoms with Gasteiger partial charge in [-0.2, -0.15) is 0 Å². The maximum atomic E-state index is 5.88. The monoisotopic (exact) mass is 382 g/mol. The van der Waals surface area contributed by atoms with Crippen molar-refractivity contribution in [1.29, 1.82) is 0 Å². The van der Waals surface area contributed by atoms with Crippen LogP contribution in [0.15, 0.2) is 0 Å². The molecule has 18 N–H and O–H groups in total. The minimum Gasteiger partial charge on any atom is -0.378 e. The molecule has 14 nitrogen and oxygen atoms in total. The van der Waals surface area contributed by atoms with E-state index in [1.165, 1.54) is 0 Å². The lowest BCUT2D eigenvalue weighted by atomic mass is 10.2. The molecule has 0 bridgehead atoms. The van der Waals surface area contributed by atoms with Gasteiger partial charge in [0.2, 0.25) is 17.5 Å². The Morgan fingerprint density at radius 3 is 1.73 bits per heavy atom. The lowest BCUT2D eigenvalue weighted by Gasteiger charge is -2.47. The highest BCUT2D eigenvalue weighted by atomic mass is 16.6. The molecule has 0 aromatic rings. The molecule has 0 amide bonds. The fourth-order valence-corrected chi connectivity index (χ4v) is 1.91. The largest absolute Gasteiger partial charge is 0.378 e. The Labute approximate surface area is 152 Å². The van der Waals surface area contributed by atoms with E-state index in [0.717, 1.165) is 0 Å². The van der Waals surface area contributed by atoms with Crippen molar-refractivity contribution in [2.75, 3.05) is 52.7 Å². The zero-order valence-corrected chi connectivity index (χ0v) is 14.9. The highest BCUT2D eigenvalue weighted by molar-refractivity contribution is 4.95. The number of nitrogens with one attached hydrogen (secondary N) is 2. The second-order valence-corrected chi connectivity index (χ2v) is 6.10. The fraction of sp³-hybridized carbons (Fsp3) is 1.00. The van der Waals surface area contributed by atoms with E-state index >= 15 is 0 Å². The van der Waals surface area contributed by atoms with Crippen molar-refractivity contribution in [1.82, 2.24) is 10.6 Å². The summed E-state index contributed by atoms with van der Waals surface area (Å²) < 4.78 is 21.3. The molecular weight excluding hydrogens is 348 g/mol. The van der Waals surface area contributed by atoms with E-state index in [2.05, 4.69) is 10.6 Å². The molecule has 0 aliphatic carbocycles. The Bertz CT molecular complexity index is 385. The minimum absolute atomic E-state index is 0.0758. The molecule has 0 aromatic carbocycles. The Morgan fingerprint density at radius 1 is 0.577 bits per heavy atom. The van der Waals surface area contributed by atoms with Gasteiger partial charge >= 0.3 is 0 Å². The van der Waals surface area contributed by atoms with E-state index < -0.39 is 23.3 Å². The van der Waals surface area contributed by atoms with E-state index in [1.54, 1.807) is 0 Å². The lowest BCUT2D eigenvalue weighted by Crippen LogP contribution is -2.89. The van der Waals surface area contributed by atoms with Crippen LogP contribution in [0.25, 0.3) is 0 Å². The van der Waals surface area contributed by atoms with E-state index in [1.807, 2.05) is 0 Å². The molecule has 0 aromatic heterocycles. The average molecular weight is 382 g/mol. The predicted molar refractivity (Wildman–Crippen MR) is 94.0 cm³/mol. The first kappa shape index (κ1) is 23.5. The maximum absolute atomic E-state index is 5.88. The summed E-state index contributed by atoms with van der Waals surface area (Å²) in [5.74, 6) is -8.65. The summed E-state index contributed by atoms with van der Waals surface area (Å²) in [6, 6.07) is 0. The normalized spacial score (nSPS) is 28.6. The lowest BCUT2D eigenvalue weighted by molar-refractivity contribution is -0.266. The number of hydrogen-bond acceptors (Lipinski definition) is 14. The Balaban J connectivity index is 2.82. The number of nitrogens with two attached hydrogens (primary N) is 8. The van der Waals surface area contributed by atoms with Gasteiger partial charge in [0, 0.05) is 19.6 Å². The molecule has 26 heavy (non-hydrogen) atoms. The van der Waals surface area contributed by atoms with Crippen molar-refractivity contribution in [3.05, 3.63) is 0 Å².